The summed E-state index contributed by atoms with van der Waals surface area (Å²) < 4.78 is 0. The Morgan fingerprint density at radius 1 is 1.40 bits per heavy atom. The third-order valence-electron chi connectivity index (χ3n) is 2.85. The molecule has 0 saturated heterocycles. The van der Waals surface area contributed by atoms with E-state index in [1.54, 1.807) is 6.07 Å². The lowest BCUT2D eigenvalue weighted by molar-refractivity contribution is -0.384. The summed E-state index contributed by atoms with van der Waals surface area (Å²) in [6.07, 6.45) is 1.08. The van der Waals surface area contributed by atoms with Crippen molar-refractivity contribution >= 4 is 5.69 Å². The van der Waals surface area contributed by atoms with Crippen molar-refractivity contribution in [3.05, 3.63) is 50.3 Å². The molecule has 20 heavy (non-hydrogen) atoms. The van der Waals surface area contributed by atoms with E-state index in [0.29, 0.717) is 12.8 Å². The fourth-order valence-corrected chi connectivity index (χ4v) is 1.92. The van der Waals surface area contributed by atoms with Gasteiger partial charge in [-0.1, -0.05) is 25.5 Å². The number of para-hydroxylation sites is 1. The standard InChI is InChI=1S/C13H13N3O4/c1-2-5-9-12(17)14-11(15-13(9)18)8-6-3-4-7-10(8)16(19)20/h3-4,6-7H,2,5H2,1H3,(H2,14,15,17,18). The Balaban J connectivity index is 2.61. The predicted octanol–water partition coefficient (Wildman–Crippen LogP) is 2.00. The summed E-state index contributed by atoms with van der Waals surface area (Å²) in [6.45, 7) is 1.87. The van der Waals surface area contributed by atoms with Gasteiger partial charge in [-0.2, -0.15) is 4.98 Å². The molecule has 1 heterocycles. The number of aromatic hydroxyl groups is 1. The number of rotatable bonds is 4. The lowest BCUT2D eigenvalue weighted by Crippen LogP contribution is -2.15. The Bertz CT molecular complexity index is 709. The van der Waals surface area contributed by atoms with Crippen LogP contribution >= 0.6 is 0 Å². The van der Waals surface area contributed by atoms with Crippen molar-refractivity contribution in [2.45, 2.75) is 19.8 Å². The zero-order valence-electron chi connectivity index (χ0n) is 10.8. The normalized spacial score (nSPS) is 10.4. The van der Waals surface area contributed by atoms with Crippen molar-refractivity contribution in [2.75, 3.05) is 0 Å². The van der Waals surface area contributed by atoms with Gasteiger partial charge in [-0.05, 0) is 12.5 Å². The van der Waals surface area contributed by atoms with E-state index in [0.717, 1.165) is 0 Å². The van der Waals surface area contributed by atoms with Gasteiger partial charge in [-0.15, -0.1) is 0 Å². The molecule has 0 bridgehead atoms. The molecule has 0 unspecified atom stereocenters. The molecule has 0 radical (unpaired) electrons. The molecule has 2 aromatic rings. The van der Waals surface area contributed by atoms with Crippen LogP contribution < -0.4 is 5.56 Å². The molecule has 0 aliphatic rings. The Morgan fingerprint density at radius 2 is 2.10 bits per heavy atom. The van der Waals surface area contributed by atoms with Crippen LogP contribution in [0.3, 0.4) is 0 Å². The number of aromatic amines is 1. The average molecular weight is 275 g/mol. The Hall–Kier alpha value is -2.70. The first-order chi connectivity index (χ1) is 9.54. The number of hydrogen-bond acceptors (Lipinski definition) is 5. The second-order valence-electron chi connectivity index (χ2n) is 4.24. The highest BCUT2D eigenvalue weighted by atomic mass is 16.6. The van der Waals surface area contributed by atoms with Crippen LogP contribution in [0.25, 0.3) is 11.4 Å². The number of nitro benzene ring substituents is 1. The van der Waals surface area contributed by atoms with E-state index in [1.807, 2.05) is 6.92 Å². The molecule has 0 aliphatic heterocycles. The highest BCUT2D eigenvalue weighted by molar-refractivity contribution is 5.67. The van der Waals surface area contributed by atoms with E-state index in [9.17, 15) is 20.0 Å². The van der Waals surface area contributed by atoms with E-state index in [1.165, 1.54) is 18.2 Å². The molecule has 0 atom stereocenters. The van der Waals surface area contributed by atoms with Crippen molar-refractivity contribution in [3.63, 3.8) is 0 Å². The minimum Gasteiger partial charge on any atom is -0.493 e. The van der Waals surface area contributed by atoms with Crippen LogP contribution in [0, 0.1) is 10.1 Å². The van der Waals surface area contributed by atoms with Crippen molar-refractivity contribution < 1.29 is 10.0 Å². The second-order valence-corrected chi connectivity index (χ2v) is 4.24. The first kappa shape index (κ1) is 13.7. The van der Waals surface area contributed by atoms with Gasteiger partial charge in [0, 0.05) is 6.07 Å². The SMILES string of the molecule is CCCc1c(O)nc(-c2ccccc2[N+](=O)[O-])[nH]c1=O. The topological polar surface area (TPSA) is 109 Å². The Morgan fingerprint density at radius 3 is 2.70 bits per heavy atom. The maximum atomic E-state index is 11.9. The fraction of sp³-hybridized carbons (Fsp3) is 0.231. The largest absolute Gasteiger partial charge is 0.493 e. The fourth-order valence-electron chi connectivity index (χ4n) is 1.92. The zero-order chi connectivity index (χ0) is 14.7. The Kier molecular flexibility index (Phi) is 3.79. The smallest absolute Gasteiger partial charge is 0.280 e. The van der Waals surface area contributed by atoms with E-state index < -0.39 is 10.5 Å². The van der Waals surface area contributed by atoms with Crippen molar-refractivity contribution in [3.8, 4) is 17.3 Å². The van der Waals surface area contributed by atoms with Gasteiger partial charge in [0.2, 0.25) is 5.88 Å². The van der Waals surface area contributed by atoms with Crippen molar-refractivity contribution in [2.24, 2.45) is 0 Å². The van der Waals surface area contributed by atoms with Crippen molar-refractivity contribution in [1.82, 2.24) is 9.97 Å². The molecule has 2 rings (SSSR count). The molecule has 7 heteroatoms. The predicted molar refractivity (Wildman–Crippen MR) is 72.6 cm³/mol. The minimum absolute atomic E-state index is 0.0142. The summed E-state index contributed by atoms with van der Waals surface area (Å²) in [5, 5.41) is 20.8. The molecule has 0 fully saturated rings. The number of nitrogens with zero attached hydrogens (tertiary/aromatic N) is 2. The third-order valence-corrected chi connectivity index (χ3v) is 2.85. The maximum Gasteiger partial charge on any atom is 0.280 e. The Labute approximate surface area is 114 Å². The monoisotopic (exact) mass is 275 g/mol. The molecule has 2 N–H and O–H groups in total. The molecule has 0 aliphatic carbocycles. The van der Waals surface area contributed by atoms with Gasteiger partial charge < -0.3 is 10.1 Å². The molecule has 104 valence electrons. The van der Waals surface area contributed by atoms with Crippen LogP contribution in [-0.4, -0.2) is 20.0 Å². The van der Waals surface area contributed by atoms with Crippen LogP contribution in [0.2, 0.25) is 0 Å². The van der Waals surface area contributed by atoms with E-state index >= 15 is 0 Å². The maximum absolute atomic E-state index is 11.9. The number of nitro groups is 1. The lowest BCUT2D eigenvalue weighted by Gasteiger charge is -2.05. The first-order valence-electron chi connectivity index (χ1n) is 6.10. The van der Waals surface area contributed by atoms with Crippen LogP contribution in [0.1, 0.15) is 18.9 Å². The van der Waals surface area contributed by atoms with Crippen LogP contribution in [0.5, 0.6) is 5.88 Å². The molecule has 0 spiro atoms. The number of nitrogens with one attached hydrogen (secondary N) is 1. The molecule has 1 aromatic heterocycles. The van der Waals surface area contributed by atoms with Gasteiger partial charge in [0.05, 0.1) is 16.1 Å². The van der Waals surface area contributed by atoms with Gasteiger partial charge in [-0.25, -0.2) is 0 Å². The van der Waals surface area contributed by atoms with Crippen LogP contribution in [0.15, 0.2) is 29.1 Å². The third kappa shape index (κ3) is 2.51. The highest BCUT2D eigenvalue weighted by Gasteiger charge is 2.18. The summed E-state index contributed by atoms with van der Waals surface area (Å²) in [5.74, 6) is -0.400. The summed E-state index contributed by atoms with van der Waals surface area (Å²) in [6, 6.07) is 5.89. The van der Waals surface area contributed by atoms with E-state index in [4.69, 9.17) is 0 Å². The minimum atomic E-state index is -0.563. The van der Waals surface area contributed by atoms with E-state index in [2.05, 4.69) is 9.97 Å². The molecular formula is C13H13N3O4. The summed E-state index contributed by atoms with van der Waals surface area (Å²) in [4.78, 5) is 28.6. The van der Waals surface area contributed by atoms with Gasteiger partial charge in [0.15, 0.2) is 5.82 Å². The highest BCUT2D eigenvalue weighted by Crippen LogP contribution is 2.27. The zero-order valence-corrected chi connectivity index (χ0v) is 10.8. The number of aromatic nitrogens is 2. The first-order valence-corrected chi connectivity index (χ1v) is 6.10. The quantitative estimate of drug-likeness (QED) is 0.655. The number of H-pyrrole nitrogens is 1. The summed E-state index contributed by atoms with van der Waals surface area (Å²) in [7, 11) is 0. The van der Waals surface area contributed by atoms with E-state index in [-0.39, 0.29) is 28.5 Å². The lowest BCUT2D eigenvalue weighted by atomic mass is 10.1. The molecular weight excluding hydrogens is 262 g/mol. The summed E-state index contributed by atoms with van der Waals surface area (Å²) in [5.41, 5.74) is -0.312. The summed E-state index contributed by atoms with van der Waals surface area (Å²) >= 11 is 0. The van der Waals surface area contributed by atoms with Gasteiger partial charge >= 0.3 is 0 Å². The van der Waals surface area contributed by atoms with Gasteiger partial charge in [-0.3, -0.25) is 14.9 Å². The van der Waals surface area contributed by atoms with Gasteiger partial charge in [0.1, 0.15) is 0 Å². The van der Waals surface area contributed by atoms with Crippen LogP contribution in [0.4, 0.5) is 5.69 Å². The average Bonchev–Trinajstić information content (AvgIpc) is 2.42. The number of hydrogen-bond donors (Lipinski definition) is 2. The van der Waals surface area contributed by atoms with Crippen molar-refractivity contribution in [1.29, 1.82) is 0 Å². The van der Waals surface area contributed by atoms with Gasteiger partial charge in [0.25, 0.3) is 11.2 Å². The molecule has 0 saturated carbocycles. The second kappa shape index (κ2) is 5.52. The van der Waals surface area contributed by atoms with Crippen LogP contribution in [-0.2, 0) is 6.42 Å². The molecule has 7 nitrogen and oxygen atoms in total. The number of benzene rings is 1. The molecule has 0 amide bonds. The molecule has 1 aromatic carbocycles.